The van der Waals surface area contributed by atoms with Crippen LogP contribution in [-0.4, -0.2) is 15.7 Å². The van der Waals surface area contributed by atoms with E-state index in [1.807, 2.05) is 6.92 Å². The molecule has 1 saturated carbocycles. The molecule has 1 aromatic carbocycles. The van der Waals surface area contributed by atoms with Crippen LogP contribution in [0.5, 0.6) is 0 Å². The Balaban J connectivity index is 1.90. The van der Waals surface area contributed by atoms with Crippen molar-refractivity contribution in [3.63, 3.8) is 0 Å². The van der Waals surface area contributed by atoms with Gasteiger partial charge in [0, 0.05) is 16.7 Å². The number of benzene rings is 1. The summed E-state index contributed by atoms with van der Waals surface area (Å²) >= 11 is 1.57. The highest BCUT2D eigenvalue weighted by Gasteiger charge is 2.46. The van der Waals surface area contributed by atoms with E-state index in [1.165, 1.54) is 37.7 Å². The van der Waals surface area contributed by atoms with Gasteiger partial charge >= 0.3 is 0 Å². The third-order valence-corrected chi connectivity index (χ3v) is 7.75. The molecule has 0 aliphatic heterocycles. The van der Waals surface area contributed by atoms with Gasteiger partial charge in [-0.05, 0) is 44.1 Å². The van der Waals surface area contributed by atoms with E-state index >= 15 is 0 Å². The Kier molecular flexibility index (Phi) is 5.50. The minimum Gasteiger partial charge on any atom is -0.301 e. The monoisotopic (exact) mass is 394 g/mol. The van der Waals surface area contributed by atoms with Crippen molar-refractivity contribution in [3.8, 4) is 11.3 Å². The van der Waals surface area contributed by atoms with Gasteiger partial charge in [0.2, 0.25) is 0 Å². The van der Waals surface area contributed by atoms with Gasteiger partial charge in [0.05, 0.1) is 11.3 Å². The van der Waals surface area contributed by atoms with Gasteiger partial charge in [0.15, 0.2) is 5.16 Å². The molecule has 0 spiro atoms. The van der Waals surface area contributed by atoms with Crippen molar-refractivity contribution in [1.29, 1.82) is 0 Å². The van der Waals surface area contributed by atoms with E-state index in [1.54, 1.807) is 11.8 Å². The number of aromatic nitrogens is 2. The average Bonchev–Trinajstić information content (AvgIpc) is 2.72. The highest BCUT2D eigenvalue weighted by molar-refractivity contribution is 7.99. The van der Waals surface area contributed by atoms with Crippen LogP contribution < -0.4 is 5.56 Å². The number of nitrogens with one attached hydrogen (secondary N) is 1. The maximum Gasteiger partial charge on any atom is 0.255 e. The van der Waals surface area contributed by atoms with Gasteiger partial charge in [0.1, 0.15) is 0 Å². The van der Waals surface area contributed by atoms with Gasteiger partial charge in [0.25, 0.3) is 5.56 Å². The second-order valence-electron chi connectivity index (χ2n) is 8.52. The number of aromatic amines is 1. The van der Waals surface area contributed by atoms with Gasteiger partial charge in [-0.25, -0.2) is 4.98 Å². The fourth-order valence-electron chi connectivity index (χ4n) is 5.30. The lowest BCUT2D eigenvalue weighted by atomic mass is 9.58. The fraction of sp³-hybridized carbons (Fsp3) is 0.500. The van der Waals surface area contributed by atoms with Crippen molar-refractivity contribution in [2.45, 2.75) is 69.4 Å². The molecule has 0 bridgehead atoms. The SMILES string of the molecule is C=C(C)CSc1nc2c(c(=O)[nH]1)C(CC)(C1CCCCC1)Cc1ccccc1-2. The molecular formula is C24H30N2OS. The summed E-state index contributed by atoms with van der Waals surface area (Å²) in [5, 5.41) is 0.706. The normalized spacial score (nSPS) is 21.8. The Hall–Kier alpha value is -1.81. The first-order valence-electron chi connectivity index (χ1n) is 10.6. The zero-order valence-corrected chi connectivity index (χ0v) is 17.8. The standard InChI is InChI=1S/C24H30N2OS/c1-4-24(18-11-6-5-7-12-18)14-17-10-8-9-13-19(17)21-20(24)22(27)26-23(25-21)28-15-16(2)3/h8-10,13,18H,2,4-7,11-12,14-15H2,1,3H3,(H,25,26,27). The van der Waals surface area contributed by atoms with Gasteiger partial charge < -0.3 is 4.98 Å². The van der Waals surface area contributed by atoms with Crippen LogP contribution in [0, 0.1) is 5.92 Å². The summed E-state index contributed by atoms with van der Waals surface area (Å²) in [7, 11) is 0. The molecule has 1 unspecified atom stereocenters. The first-order chi connectivity index (χ1) is 13.5. The highest BCUT2D eigenvalue weighted by Crippen LogP contribution is 2.50. The summed E-state index contributed by atoms with van der Waals surface area (Å²) < 4.78 is 0. The van der Waals surface area contributed by atoms with Crippen LogP contribution in [0.1, 0.15) is 63.5 Å². The molecule has 1 heterocycles. The topological polar surface area (TPSA) is 45.8 Å². The van der Waals surface area contributed by atoms with Crippen molar-refractivity contribution in [2.24, 2.45) is 5.92 Å². The Morgan fingerprint density at radius 2 is 2.04 bits per heavy atom. The van der Waals surface area contributed by atoms with Crippen LogP contribution in [0.2, 0.25) is 0 Å². The summed E-state index contributed by atoms with van der Waals surface area (Å²) in [5.74, 6) is 1.33. The molecule has 1 atom stereocenters. The number of nitrogens with zero attached hydrogens (tertiary/aromatic N) is 1. The molecule has 0 radical (unpaired) electrons. The quantitative estimate of drug-likeness (QED) is 0.391. The molecule has 3 nitrogen and oxygen atoms in total. The fourth-order valence-corrected chi connectivity index (χ4v) is 6.00. The van der Waals surface area contributed by atoms with Crippen molar-refractivity contribution < 1.29 is 0 Å². The van der Waals surface area contributed by atoms with E-state index in [2.05, 4.69) is 42.8 Å². The molecule has 2 aliphatic rings. The Bertz CT molecular complexity index is 942. The first kappa shape index (κ1) is 19.5. The molecule has 4 rings (SSSR count). The number of hydrogen-bond donors (Lipinski definition) is 1. The molecule has 2 aliphatic carbocycles. The number of rotatable bonds is 5. The van der Waals surface area contributed by atoms with Crippen LogP contribution in [-0.2, 0) is 11.8 Å². The summed E-state index contributed by atoms with van der Waals surface area (Å²) in [4.78, 5) is 21.5. The second-order valence-corrected chi connectivity index (χ2v) is 9.48. The van der Waals surface area contributed by atoms with Crippen LogP contribution in [0.15, 0.2) is 46.4 Å². The Labute approximate surface area is 172 Å². The summed E-state index contributed by atoms with van der Waals surface area (Å²) in [6, 6.07) is 8.55. The Morgan fingerprint density at radius 1 is 1.29 bits per heavy atom. The number of fused-ring (bicyclic) bond motifs is 3. The zero-order valence-electron chi connectivity index (χ0n) is 17.0. The number of H-pyrrole nitrogens is 1. The third kappa shape index (κ3) is 3.36. The molecule has 0 amide bonds. The minimum atomic E-state index is -0.0950. The lowest BCUT2D eigenvalue weighted by molar-refractivity contribution is 0.188. The number of thioether (sulfide) groups is 1. The minimum absolute atomic E-state index is 0.0659. The van der Waals surface area contributed by atoms with Crippen molar-refractivity contribution >= 4 is 11.8 Å². The molecule has 1 N–H and O–H groups in total. The first-order valence-corrected chi connectivity index (χ1v) is 11.5. The molecule has 4 heteroatoms. The van der Waals surface area contributed by atoms with Gasteiger partial charge in [-0.2, -0.15) is 0 Å². The predicted octanol–water partition coefficient (Wildman–Crippen LogP) is 5.89. The van der Waals surface area contributed by atoms with Crippen LogP contribution in [0.4, 0.5) is 0 Å². The summed E-state index contributed by atoms with van der Waals surface area (Å²) in [6.45, 7) is 8.24. The molecule has 1 aromatic heterocycles. The van der Waals surface area contributed by atoms with Crippen LogP contribution in [0.3, 0.4) is 0 Å². The number of hydrogen-bond acceptors (Lipinski definition) is 3. The second kappa shape index (κ2) is 7.90. The van der Waals surface area contributed by atoms with E-state index in [9.17, 15) is 4.79 Å². The van der Waals surface area contributed by atoms with E-state index in [-0.39, 0.29) is 11.0 Å². The maximum atomic E-state index is 13.4. The van der Waals surface area contributed by atoms with Crippen molar-refractivity contribution in [1.82, 2.24) is 9.97 Å². The smallest absolute Gasteiger partial charge is 0.255 e. The third-order valence-electron chi connectivity index (χ3n) is 6.65. The van der Waals surface area contributed by atoms with Crippen LogP contribution >= 0.6 is 11.8 Å². The maximum absolute atomic E-state index is 13.4. The van der Waals surface area contributed by atoms with Gasteiger partial charge in [-0.1, -0.05) is 74.4 Å². The Morgan fingerprint density at radius 3 is 2.75 bits per heavy atom. The van der Waals surface area contributed by atoms with E-state index in [0.29, 0.717) is 11.1 Å². The van der Waals surface area contributed by atoms with Gasteiger partial charge in [-0.15, -0.1) is 0 Å². The largest absolute Gasteiger partial charge is 0.301 e. The highest BCUT2D eigenvalue weighted by atomic mass is 32.2. The zero-order chi connectivity index (χ0) is 19.7. The molecular weight excluding hydrogens is 364 g/mol. The molecule has 1 fully saturated rings. The van der Waals surface area contributed by atoms with Crippen molar-refractivity contribution in [3.05, 3.63) is 57.9 Å². The molecule has 148 valence electrons. The van der Waals surface area contributed by atoms with Gasteiger partial charge in [-0.3, -0.25) is 4.79 Å². The van der Waals surface area contributed by atoms with E-state index < -0.39 is 0 Å². The molecule has 28 heavy (non-hydrogen) atoms. The average molecular weight is 395 g/mol. The lowest BCUT2D eigenvalue weighted by Gasteiger charge is -2.45. The van der Waals surface area contributed by atoms with E-state index in [0.717, 1.165) is 41.0 Å². The summed E-state index contributed by atoms with van der Waals surface area (Å²) in [6.07, 6.45) is 8.28. The molecule has 0 saturated heterocycles. The molecule has 2 aromatic rings. The van der Waals surface area contributed by atoms with E-state index in [4.69, 9.17) is 4.98 Å². The predicted molar refractivity (Wildman–Crippen MR) is 118 cm³/mol. The van der Waals surface area contributed by atoms with Crippen molar-refractivity contribution in [2.75, 3.05) is 5.75 Å². The summed E-state index contributed by atoms with van der Waals surface area (Å²) in [5.41, 5.74) is 5.40. The lowest BCUT2D eigenvalue weighted by Crippen LogP contribution is -2.45. The van der Waals surface area contributed by atoms with Crippen LogP contribution in [0.25, 0.3) is 11.3 Å².